The van der Waals surface area contributed by atoms with E-state index in [0.717, 1.165) is 59.3 Å². The number of aliphatic hydroxyl groups is 1. The van der Waals surface area contributed by atoms with E-state index in [0.29, 0.717) is 6.04 Å². The van der Waals surface area contributed by atoms with E-state index in [1.807, 2.05) is 12.1 Å². The summed E-state index contributed by atoms with van der Waals surface area (Å²) in [5.41, 5.74) is 7.93. The molecule has 2 rings (SSSR count). The van der Waals surface area contributed by atoms with Crippen LogP contribution < -0.4 is 11.1 Å². The number of carbonyl (C=O) groups is 2. The van der Waals surface area contributed by atoms with E-state index >= 15 is 0 Å². The standard InChI is InChI=1S/C13H18Br2N2O.C3H4O3/c14-9-5-8(13(16)12(15)6-9)7-17-10-1-3-11(18)4-2-10;1-2(4)3(5)6/h5-6,10-11,17-18H,1-4,7,16H2;1H3,(H,5,6). The van der Waals surface area contributed by atoms with Gasteiger partial charge in [-0.05, 0) is 59.3 Å². The van der Waals surface area contributed by atoms with Crippen molar-refractivity contribution in [3.05, 3.63) is 26.6 Å². The van der Waals surface area contributed by atoms with Gasteiger partial charge in [-0.3, -0.25) is 4.79 Å². The van der Waals surface area contributed by atoms with E-state index in [1.165, 1.54) is 0 Å². The molecular weight excluding hydrogens is 444 g/mol. The number of benzene rings is 1. The van der Waals surface area contributed by atoms with Gasteiger partial charge in [0.15, 0.2) is 0 Å². The fourth-order valence-corrected chi connectivity index (χ4v) is 3.63. The van der Waals surface area contributed by atoms with Gasteiger partial charge in [0.2, 0.25) is 5.78 Å². The van der Waals surface area contributed by atoms with Gasteiger partial charge in [0, 0.05) is 28.5 Å². The lowest BCUT2D eigenvalue weighted by molar-refractivity contribution is -0.148. The summed E-state index contributed by atoms with van der Waals surface area (Å²) in [6, 6.07) is 4.49. The normalized spacial score (nSPS) is 20.0. The lowest BCUT2D eigenvalue weighted by Crippen LogP contribution is -2.34. The molecule has 0 saturated heterocycles. The Hall–Kier alpha value is -0.960. The van der Waals surface area contributed by atoms with E-state index in [4.69, 9.17) is 10.8 Å². The number of carboxylic acids is 1. The molecule has 8 heteroatoms. The first-order chi connectivity index (χ1) is 11.2. The molecule has 5 N–H and O–H groups in total. The van der Waals surface area contributed by atoms with Crippen LogP contribution in [0.1, 0.15) is 38.2 Å². The Kier molecular flexibility index (Phi) is 8.90. The predicted octanol–water partition coefficient (Wildman–Crippen LogP) is 2.85. The van der Waals surface area contributed by atoms with Crippen LogP contribution in [0.25, 0.3) is 0 Å². The van der Waals surface area contributed by atoms with Gasteiger partial charge in [-0.25, -0.2) is 4.79 Å². The first kappa shape index (κ1) is 21.1. The lowest BCUT2D eigenvalue weighted by atomic mass is 9.93. The number of Topliss-reactive ketones (excluding diaryl/α,β-unsaturated/α-hetero) is 1. The first-order valence-corrected chi connectivity index (χ1v) is 9.18. The molecule has 0 unspecified atom stereocenters. The summed E-state index contributed by atoms with van der Waals surface area (Å²) in [6.07, 6.45) is 3.77. The molecule has 1 fully saturated rings. The summed E-state index contributed by atoms with van der Waals surface area (Å²) in [4.78, 5) is 18.9. The van der Waals surface area contributed by atoms with Crippen molar-refractivity contribution in [3.63, 3.8) is 0 Å². The lowest BCUT2D eigenvalue weighted by Gasteiger charge is -2.26. The highest BCUT2D eigenvalue weighted by Crippen LogP contribution is 2.28. The fourth-order valence-electron chi connectivity index (χ4n) is 2.32. The number of rotatable bonds is 4. The molecule has 0 atom stereocenters. The van der Waals surface area contributed by atoms with Gasteiger partial charge in [0.25, 0.3) is 0 Å². The van der Waals surface area contributed by atoms with Crippen molar-refractivity contribution in [1.82, 2.24) is 5.32 Å². The van der Waals surface area contributed by atoms with Crippen molar-refractivity contribution < 1.29 is 19.8 Å². The van der Waals surface area contributed by atoms with Crippen molar-refractivity contribution in [2.75, 3.05) is 5.73 Å². The van der Waals surface area contributed by atoms with E-state index in [-0.39, 0.29) is 6.10 Å². The van der Waals surface area contributed by atoms with Crippen LogP contribution in [0.5, 0.6) is 0 Å². The third-order valence-corrected chi connectivity index (χ3v) is 4.87. The van der Waals surface area contributed by atoms with E-state index < -0.39 is 11.8 Å². The minimum atomic E-state index is -1.38. The Labute approximate surface area is 158 Å². The molecule has 0 radical (unpaired) electrons. The minimum absolute atomic E-state index is 0.104. The zero-order valence-corrected chi connectivity index (χ0v) is 16.6. The van der Waals surface area contributed by atoms with Crippen LogP contribution >= 0.6 is 31.9 Å². The highest BCUT2D eigenvalue weighted by Gasteiger charge is 2.19. The third kappa shape index (κ3) is 7.29. The van der Waals surface area contributed by atoms with Gasteiger partial charge in [-0.15, -0.1) is 0 Å². The molecule has 6 nitrogen and oxygen atoms in total. The number of carboxylic acid groups (broad SMARTS) is 1. The molecule has 1 aromatic carbocycles. The summed E-state index contributed by atoms with van der Waals surface area (Å²) in [5, 5.41) is 20.6. The highest BCUT2D eigenvalue weighted by atomic mass is 79.9. The third-order valence-electron chi connectivity index (χ3n) is 3.76. The Morgan fingerprint density at radius 1 is 1.25 bits per heavy atom. The Morgan fingerprint density at radius 2 is 1.79 bits per heavy atom. The molecule has 134 valence electrons. The SMILES string of the molecule is CC(=O)C(=O)O.Nc1c(Br)cc(Br)cc1CNC1CCC(O)CC1. The summed E-state index contributed by atoms with van der Waals surface area (Å²) in [5.74, 6) is -2.20. The number of nitrogen functional groups attached to an aromatic ring is 1. The largest absolute Gasteiger partial charge is 0.476 e. The zero-order chi connectivity index (χ0) is 18.3. The van der Waals surface area contributed by atoms with Gasteiger partial charge in [0.1, 0.15) is 0 Å². The molecule has 1 aliphatic rings. The molecule has 0 bridgehead atoms. The van der Waals surface area contributed by atoms with Gasteiger partial charge < -0.3 is 21.3 Å². The van der Waals surface area contributed by atoms with E-state index in [1.54, 1.807) is 0 Å². The maximum Gasteiger partial charge on any atom is 0.371 e. The molecule has 24 heavy (non-hydrogen) atoms. The van der Waals surface area contributed by atoms with Crippen LogP contribution in [0, 0.1) is 0 Å². The number of hydrogen-bond donors (Lipinski definition) is 4. The highest BCUT2D eigenvalue weighted by molar-refractivity contribution is 9.11. The van der Waals surface area contributed by atoms with Gasteiger partial charge in [-0.1, -0.05) is 15.9 Å². The number of nitrogens with one attached hydrogen (secondary N) is 1. The number of ketones is 1. The molecular formula is C16H22Br2N2O4. The van der Waals surface area contributed by atoms with Crippen molar-refractivity contribution in [1.29, 1.82) is 0 Å². The number of halogens is 2. The van der Waals surface area contributed by atoms with Crippen LogP contribution in [0.3, 0.4) is 0 Å². The van der Waals surface area contributed by atoms with Crippen LogP contribution in [0.4, 0.5) is 5.69 Å². The second kappa shape index (κ2) is 10.1. The second-order valence-corrected chi connectivity index (χ2v) is 7.48. The smallest absolute Gasteiger partial charge is 0.371 e. The number of aliphatic hydroxyl groups excluding tert-OH is 1. The van der Waals surface area contributed by atoms with Crippen LogP contribution in [0.15, 0.2) is 21.1 Å². The quantitative estimate of drug-likeness (QED) is 0.401. The average Bonchev–Trinajstić information content (AvgIpc) is 2.51. The number of aliphatic carboxylic acids is 1. The summed E-state index contributed by atoms with van der Waals surface area (Å²) in [6.45, 7) is 1.77. The predicted molar refractivity (Wildman–Crippen MR) is 99.7 cm³/mol. The molecule has 0 aromatic heterocycles. The monoisotopic (exact) mass is 464 g/mol. The van der Waals surface area contributed by atoms with Crippen LogP contribution in [0.2, 0.25) is 0 Å². The number of carbonyl (C=O) groups excluding carboxylic acids is 1. The first-order valence-electron chi connectivity index (χ1n) is 7.59. The van der Waals surface area contributed by atoms with Crippen molar-refractivity contribution in [2.45, 2.75) is 51.3 Å². The Bertz CT molecular complexity index is 576. The average molecular weight is 466 g/mol. The minimum Gasteiger partial charge on any atom is -0.476 e. The van der Waals surface area contributed by atoms with Crippen molar-refractivity contribution in [2.24, 2.45) is 0 Å². The molecule has 1 aromatic rings. The molecule has 1 saturated carbocycles. The van der Waals surface area contributed by atoms with E-state index in [9.17, 15) is 14.7 Å². The zero-order valence-electron chi connectivity index (χ0n) is 13.4. The second-order valence-electron chi connectivity index (χ2n) is 5.71. The maximum absolute atomic E-state index is 9.54. The Morgan fingerprint density at radius 3 is 2.29 bits per heavy atom. The summed E-state index contributed by atoms with van der Waals surface area (Å²) >= 11 is 6.93. The van der Waals surface area contributed by atoms with Crippen molar-refractivity contribution >= 4 is 49.3 Å². The summed E-state index contributed by atoms with van der Waals surface area (Å²) in [7, 11) is 0. The molecule has 0 amide bonds. The van der Waals surface area contributed by atoms with Gasteiger partial charge in [0.05, 0.1) is 11.8 Å². The number of nitrogens with two attached hydrogens (primary N) is 1. The molecule has 0 aliphatic heterocycles. The molecule has 1 aliphatic carbocycles. The van der Waals surface area contributed by atoms with E-state index in [2.05, 4.69) is 37.2 Å². The van der Waals surface area contributed by atoms with Crippen LogP contribution in [-0.2, 0) is 16.1 Å². The molecule has 0 heterocycles. The van der Waals surface area contributed by atoms with Gasteiger partial charge in [-0.2, -0.15) is 0 Å². The molecule has 0 spiro atoms. The van der Waals surface area contributed by atoms with Crippen molar-refractivity contribution in [3.8, 4) is 0 Å². The number of hydrogen-bond acceptors (Lipinski definition) is 5. The van der Waals surface area contributed by atoms with Gasteiger partial charge >= 0.3 is 5.97 Å². The fraction of sp³-hybridized carbons (Fsp3) is 0.500. The van der Waals surface area contributed by atoms with Crippen LogP contribution in [-0.4, -0.2) is 34.1 Å². The summed E-state index contributed by atoms with van der Waals surface area (Å²) < 4.78 is 1.95. The number of anilines is 1. The maximum atomic E-state index is 9.54. The Balaban J connectivity index is 0.000000413. The topological polar surface area (TPSA) is 113 Å².